The van der Waals surface area contributed by atoms with E-state index in [0.717, 1.165) is 11.1 Å². The summed E-state index contributed by atoms with van der Waals surface area (Å²) in [5.41, 5.74) is 2.87. The van der Waals surface area contributed by atoms with Crippen molar-refractivity contribution in [1.29, 1.82) is 0 Å². The third-order valence-electron chi connectivity index (χ3n) is 6.70. The zero-order chi connectivity index (χ0) is 26.6. The number of carbonyl (C=O) groups excluding carboxylic acids is 4. The monoisotopic (exact) mass is 518 g/mol. The van der Waals surface area contributed by atoms with Crippen LogP contribution in [0.1, 0.15) is 59.4 Å². The number of carbonyl (C=O) groups is 4. The molecule has 1 aliphatic heterocycles. The Morgan fingerprint density at radius 2 is 1.65 bits per heavy atom. The zero-order valence-corrected chi connectivity index (χ0v) is 21.4. The van der Waals surface area contributed by atoms with Crippen LogP contribution in [0.25, 0.3) is 11.1 Å². The first-order valence-corrected chi connectivity index (χ1v) is 12.5. The van der Waals surface area contributed by atoms with Crippen molar-refractivity contribution in [3.05, 3.63) is 88.4 Å². The van der Waals surface area contributed by atoms with Crippen molar-refractivity contribution in [3.63, 3.8) is 0 Å². The maximum absolute atomic E-state index is 13.0. The molecule has 3 aromatic rings. The van der Waals surface area contributed by atoms with E-state index in [1.807, 2.05) is 19.1 Å². The van der Waals surface area contributed by atoms with E-state index in [2.05, 4.69) is 10.6 Å². The minimum atomic E-state index is -0.760. The number of benzene rings is 3. The summed E-state index contributed by atoms with van der Waals surface area (Å²) in [6, 6.07) is 18.9. The summed E-state index contributed by atoms with van der Waals surface area (Å²) in [4.78, 5) is 49.2. The number of rotatable bonds is 7. The second kappa shape index (κ2) is 11.0. The normalized spacial score (nSPS) is 17.2. The second-order valence-corrected chi connectivity index (χ2v) is 9.24. The summed E-state index contributed by atoms with van der Waals surface area (Å²) >= 11 is 6.41. The number of imide groups is 1. The van der Waals surface area contributed by atoms with Crippen LogP contribution in [0.2, 0.25) is 5.02 Å². The van der Waals surface area contributed by atoms with Crippen LogP contribution in [0.15, 0.2) is 66.7 Å². The lowest BCUT2D eigenvalue weighted by molar-refractivity contribution is -0.138. The molecule has 1 heterocycles. The Hall–Kier alpha value is -3.97. The number of nitrogens with one attached hydrogen (secondary N) is 2. The van der Waals surface area contributed by atoms with Crippen LogP contribution < -0.4 is 10.6 Å². The first kappa shape index (κ1) is 26.1. The molecular weight excluding hydrogens is 492 g/mol. The molecule has 1 saturated heterocycles. The molecule has 2 N–H and O–H groups in total. The minimum Gasteiger partial charge on any atom is -0.462 e. The second-order valence-electron chi connectivity index (χ2n) is 8.84. The van der Waals surface area contributed by atoms with Crippen molar-refractivity contribution in [2.45, 2.75) is 38.5 Å². The van der Waals surface area contributed by atoms with E-state index in [1.54, 1.807) is 61.5 Å². The molecule has 7 nitrogen and oxygen atoms in total. The van der Waals surface area contributed by atoms with E-state index in [4.69, 9.17) is 16.3 Å². The van der Waals surface area contributed by atoms with Crippen molar-refractivity contribution in [1.82, 2.24) is 5.32 Å². The van der Waals surface area contributed by atoms with Crippen LogP contribution >= 0.6 is 11.6 Å². The molecule has 4 rings (SSSR count). The van der Waals surface area contributed by atoms with E-state index >= 15 is 0 Å². The zero-order valence-electron chi connectivity index (χ0n) is 20.6. The van der Waals surface area contributed by atoms with E-state index < -0.39 is 11.4 Å². The van der Waals surface area contributed by atoms with E-state index in [-0.39, 0.29) is 17.7 Å². The van der Waals surface area contributed by atoms with Crippen molar-refractivity contribution < 1.29 is 23.9 Å². The predicted molar refractivity (Wildman–Crippen MR) is 142 cm³/mol. The maximum atomic E-state index is 13.0. The maximum Gasteiger partial charge on any atom is 0.338 e. The number of hydrogen-bond acceptors (Lipinski definition) is 5. The molecule has 37 heavy (non-hydrogen) atoms. The Kier molecular flexibility index (Phi) is 7.74. The lowest BCUT2D eigenvalue weighted by Crippen LogP contribution is -2.51. The van der Waals surface area contributed by atoms with Crippen molar-refractivity contribution in [2.24, 2.45) is 0 Å². The lowest BCUT2D eigenvalue weighted by Gasteiger charge is -2.35. The summed E-state index contributed by atoms with van der Waals surface area (Å²) in [7, 11) is 0. The highest BCUT2D eigenvalue weighted by atomic mass is 35.5. The average molecular weight is 519 g/mol. The number of amides is 3. The molecule has 0 spiro atoms. The van der Waals surface area contributed by atoms with Gasteiger partial charge in [0.25, 0.3) is 5.91 Å². The molecule has 1 atom stereocenters. The number of hydrogen-bond donors (Lipinski definition) is 2. The van der Waals surface area contributed by atoms with Crippen molar-refractivity contribution in [2.75, 3.05) is 11.9 Å². The first-order chi connectivity index (χ1) is 17.8. The van der Waals surface area contributed by atoms with Crippen LogP contribution in [0.3, 0.4) is 0 Å². The van der Waals surface area contributed by atoms with Gasteiger partial charge >= 0.3 is 5.97 Å². The molecule has 0 bridgehead atoms. The first-order valence-electron chi connectivity index (χ1n) is 12.1. The van der Waals surface area contributed by atoms with Crippen LogP contribution in [-0.2, 0) is 19.7 Å². The van der Waals surface area contributed by atoms with Gasteiger partial charge in [0, 0.05) is 28.3 Å². The summed E-state index contributed by atoms with van der Waals surface area (Å²) < 4.78 is 5.02. The molecule has 8 heteroatoms. The smallest absolute Gasteiger partial charge is 0.338 e. The summed E-state index contributed by atoms with van der Waals surface area (Å²) in [6.07, 6.45) is 1.31. The molecule has 3 aromatic carbocycles. The fraction of sp³-hybridized carbons (Fsp3) is 0.241. The van der Waals surface area contributed by atoms with Gasteiger partial charge in [0.15, 0.2) is 0 Å². The fourth-order valence-corrected chi connectivity index (χ4v) is 4.76. The molecule has 0 saturated carbocycles. The molecule has 0 radical (unpaired) electrons. The Morgan fingerprint density at radius 3 is 2.27 bits per heavy atom. The molecule has 0 aliphatic carbocycles. The van der Waals surface area contributed by atoms with E-state index in [0.29, 0.717) is 53.3 Å². The SMILES string of the molecule is CCOC(=O)c1ccc(-c2cc(C(=O)Nc3ccc(C4(CC)CCC(=O)NC4=O)cc3)ccc2Cl)cc1. The summed E-state index contributed by atoms with van der Waals surface area (Å²) in [5.74, 6) is -1.26. The van der Waals surface area contributed by atoms with Gasteiger partial charge in [-0.1, -0.05) is 42.8 Å². The molecule has 1 aliphatic rings. The number of ether oxygens (including phenoxy) is 1. The molecule has 0 aromatic heterocycles. The molecule has 190 valence electrons. The van der Waals surface area contributed by atoms with Crippen LogP contribution in [-0.4, -0.2) is 30.3 Å². The third-order valence-corrected chi connectivity index (χ3v) is 7.03. The molecular formula is C29H27ClN2O5. The Balaban J connectivity index is 1.51. The standard InChI is InChI=1S/C29H27ClN2O5/c1-3-29(16-15-25(33)32-28(29)36)21-10-12-22(13-11-21)31-26(34)20-9-14-24(30)23(17-20)18-5-7-19(8-6-18)27(35)37-4-2/h5-14,17H,3-4,15-16H2,1-2H3,(H,31,34)(H,32,33,36). The van der Waals surface area contributed by atoms with E-state index in [1.165, 1.54) is 0 Å². The largest absolute Gasteiger partial charge is 0.462 e. The van der Waals surface area contributed by atoms with Gasteiger partial charge in [-0.15, -0.1) is 0 Å². The Labute approximate surface area is 220 Å². The number of anilines is 1. The summed E-state index contributed by atoms with van der Waals surface area (Å²) in [5, 5.41) is 5.79. The lowest BCUT2D eigenvalue weighted by atomic mass is 9.72. The highest BCUT2D eigenvalue weighted by molar-refractivity contribution is 6.33. The predicted octanol–water partition coefficient (Wildman–Crippen LogP) is 5.52. The molecule has 1 fully saturated rings. The minimum absolute atomic E-state index is 0.254. The van der Waals surface area contributed by atoms with Crippen LogP contribution in [0.4, 0.5) is 5.69 Å². The van der Waals surface area contributed by atoms with Gasteiger partial charge in [-0.05, 0) is 73.4 Å². The molecule has 1 unspecified atom stereocenters. The average Bonchev–Trinajstić information content (AvgIpc) is 2.90. The number of esters is 1. The highest BCUT2D eigenvalue weighted by Gasteiger charge is 2.42. The van der Waals surface area contributed by atoms with Crippen molar-refractivity contribution in [3.8, 4) is 11.1 Å². The van der Waals surface area contributed by atoms with Crippen LogP contribution in [0, 0.1) is 0 Å². The van der Waals surface area contributed by atoms with Gasteiger partial charge in [-0.25, -0.2) is 4.79 Å². The van der Waals surface area contributed by atoms with Crippen LogP contribution in [0.5, 0.6) is 0 Å². The van der Waals surface area contributed by atoms with Crippen molar-refractivity contribution >= 4 is 41.0 Å². The van der Waals surface area contributed by atoms with Gasteiger partial charge in [0.2, 0.25) is 11.8 Å². The van der Waals surface area contributed by atoms with Gasteiger partial charge in [-0.2, -0.15) is 0 Å². The van der Waals surface area contributed by atoms with Gasteiger partial charge in [0.05, 0.1) is 17.6 Å². The summed E-state index contributed by atoms with van der Waals surface area (Å²) in [6.45, 7) is 3.96. The fourth-order valence-electron chi connectivity index (χ4n) is 4.53. The third kappa shape index (κ3) is 5.42. The number of halogens is 1. The molecule has 3 amide bonds. The van der Waals surface area contributed by atoms with Gasteiger partial charge < -0.3 is 10.1 Å². The number of piperidine rings is 1. The quantitative estimate of drug-likeness (QED) is 0.317. The Bertz CT molecular complexity index is 1350. The van der Waals surface area contributed by atoms with Gasteiger partial charge in [-0.3, -0.25) is 19.7 Å². The Morgan fingerprint density at radius 1 is 0.973 bits per heavy atom. The topological polar surface area (TPSA) is 102 Å². The highest BCUT2D eigenvalue weighted by Crippen LogP contribution is 2.36. The van der Waals surface area contributed by atoms with Gasteiger partial charge in [0.1, 0.15) is 0 Å². The van der Waals surface area contributed by atoms with E-state index in [9.17, 15) is 19.2 Å².